The zero-order chi connectivity index (χ0) is 13.2. The number of aryl methyl sites for hydroxylation is 1. The first kappa shape index (κ1) is 13.3. The van der Waals surface area contributed by atoms with Gasteiger partial charge >= 0.3 is 10.2 Å². The summed E-state index contributed by atoms with van der Waals surface area (Å²) in [5, 5.41) is 0. The fraction of sp³-hybridized carbons (Fsp3) is 0.545. The number of pyridine rings is 1. The molecule has 0 unspecified atom stereocenters. The van der Waals surface area contributed by atoms with Crippen LogP contribution in [0.25, 0.3) is 0 Å². The van der Waals surface area contributed by atoms with Crippen molar-refractivity contribution in [3.8, 4) is 0 Å². The maximum atomic E-state index is 12.1. The summed E-state index contributed by atoms with van der Waals surface area (Å²) in [4.78, 5) is 6.15. The summed E-state index contributed by atoms with van der Waals surface area (Å²) in [5.41, 5.74) is 0.998. The molecule has 0 amide bonds. The Morgan fingerprint density at radius 2 is 1.89 bits per heavy atom. The molecule has 0 aromatic carbocycles. The van der Waals surface area contributed by atoms with E-state index in [-0.39, 0.29) is 0 Å². The minimum atomic E-state index is -3.48. The minimum absolute atomic E-state index is 0.361. The molecule has 18 heavy (non-hydrogen) atoms. The van der Waals surface area contributed by atoms with Crippen molar-refractivity contribution >= 4 is 16.0 Å². The van der Waals surface area contributed by atoms with Crippen LogP contribution in [-0.2, 0) is 10.2 Å². The fourth-order valence-electron chi connectivity index (χ4n) is 1.75. The summed E-state index contributed by atoms with van der Waals surface area (Å²) in [6, 6.07) is 3.50. The maximum Gasteiger partial charge on any atom is 0.302 e. The van der Waals surface area contributed by atoms with Crippen LogP contribution >= 0.6 is 0 Å². The Bertz CT molecular complexity index is 492. The van der Waals surface area contributed by atoms with Crippen LogP contribution in [0.4, 0.5) is 5.82 Å². The van der Waals surface area contributed by atoms with E-state index < -0.39 is 10.2 Å². The summed E-state index contributed by atoms with van der Waals surface area (Å²) in [7, 11) is -1.49. The van der Waals surface area contributed by atoms with Gasteiger partial charge in [0, 0.05) is 32.4 Å². The van der Waals surface area contributed by atoms with E-state index in [1.54, 1.807) is 12.3 Å². The molecule has 0 radical (unpaired) electrons. The van der Waals surface area contributed by atoms with Gasteiger partial charge in [-0.05, 0) is 25.6 Å². The molecule has 1 aromatic rings. The van der Waals surface area contributed by atoms with Crippen LogP contribution in [0, 0.1) is 6.92 Å². The van der Waals surface area contributed by atoms with Gasteiger partial charge < -0.3 is 4.90 Å². The largest absolute Gasteiger partial charge is 0.304 e. The van der Waals surface area contributed by atoms with Gasteiger partial charge in [-0.2, -0.15) is 12.7 Å². The second kappa shape index (κ2) is 5.21. The third-order valence-corrected chi connectivity index (χ3v) is 4.46. The third-order valence-electron chi connectivity index (χ3n) is 2.95. The van der Waals surface area contributed by atoms with Crippen LogP contribution in [0.3, 0.4) is 0 Å². The molecule has 0 spiro atoms. The normalized spacial score (nSPS) is 18.8. The van der Waals surface area contributed by atoms with Gasteiger partial charge in [-0.1, -0.05) is 6.07 Å². The molecule has 100 valence electrons. The lowest BCUT2D eigenvalue weighted by Gasteiger charge is -2.31. The van der Waals surface area contributed by atoms with Crippen molar-refractivity contribution in [3.63, 3.8) is 0 Å². The molecule has 2 heterocycles. The van der Waals surface area contributed by atoms with E-state index in [0.29, 0.717) is 18.9 Å². The summed E-state index contributed by atoms with van der Waals surface area (Å²) < 4.78 is 28.2. The van der Waals surface area contributed by atoms with Crippen LogP contribution in [0.2, 0.25) is 0 Å². The molecule has 1 aromatic heterocycles. The Kier molecular flexibility index (Phi) is 3.84. The van der Waals surface area contributed by atoms with Gasteiger partial charge in [0.25, 0.3) is 0 Å². The predicted octanol–water partition coefficient (Wildman–Crippen LogP) is 0.294. The molecule has 0 bridgehead atoms. The highest BCUT2D eigenvalue weighted by molar-refractivity contribution is 7.90. The molecule has 0 atom stereocenters. The Labute approximate surface area is 108 Å². The van der Waals surface area contributed by atoms with Crippen molar-refractivity contribution < 1.29 is 8.42 Å². The molecule has 1 saturated heterocycles. The summed E-state index contributed by atoms with van der Waals surface area (Å²) >= 11 is 0. The van der Waals surface area contributed by atoms with Gasteiger partial charge in [0.1, 0.15) is 5.82 Å². The highest BCUT2D eigenvalue weighted by Gasteiger charge is 2.25. The van der Waals surface area contributed by atoms with Gasteiger partial charge in [-0.3, -0.25) is 4.72 Å². The summed E-state index contributed by atoms with van der Waals surface area (Å²) in [5.74, 6) is 0.361. The smallest absolute Gasteiger partial charge is 0.302 e. The van der Waals surface area contributed by atoms with Crippen molar-refractivity contribution in [1.29, 1.82) is 0 Å². The molecular formula is C11H18N4O2S. The molecule has 6 nitrogen and oxygen atoms in total. The van der Waals surface area contributed by atoms with Crippen LogP contribution in [0.5, 0.6) is 0 Å². The van der Waals surface area contributed by atoms with Gasteiger partial charge in [-0.15, -0.1) is 0 Å². The van der Waals surface area contributed by atoms with Crippen molar-refractivity contribution in [3.05, 3.63) is 23.9 Å². The average Bonchev–Trinajstić information content (AvgIpc) is 2.32. The van der Waals surface area contributed by atoms with Crippen molar-refractivity contribution in [2.24, 2.45) is 0 Å². The van der Waals surface area contributed by atoms with Gasteiger partial charge in [0.05, 0.1) is 0 Å². The Morgan fingerprint density at radius 1 is 1.22 bits per heavy atom. The number of piperazine rings is 1. The quantitative estimate of drug-likeness (QED) is 0.857. The number of anilines is 1. The number of aromatic nitrogens is 1. The molecular weight excluding hydrogens is 252 g/mol. The van der Waals surface area contributed by atoms with E-state index in [2.05, 4.69) is 14.6 Å². The van der Waals surface area contributed by atoms with Crippen molar-refractivity contribution in [1.82, 2.24) is 14.2 Å². The van der Waals surface area contributed by atoms with E-state index in [1.165, 1.54) is 4.31 Å². The van der Waals surface area contributed by atoms with Crippen LogP contribution < -0.4 is 4.72 Å². The third kappa shape index (κ3) is 3.18. The average molecular weight is 270 g/mol. The molecule has 1 aliphatic rings. The summed E-state index contributed by atoms with van der Waals surface area (Å²) in [6.45, 7) is 4.44. The number of likely N-dealkylation sites (N-methyl/N-ethyl adjacent to an activating group) is 1. The molecule has 7 heteroatoms. The molecule has 1 aliphatic heterocycles. The highest BCUT2D eigenvalue weighted by atomic mass is 32.2. The van der Waals surface area contributed by atoms with Gasteiger partial charge in [0.15, 0.2) is 0 Å². The highest BCUT2D eigenvalue weighted by Crippen LogP contribution is 2.11. The second-order valence-electron chi connectivity index (χ2n) is 4.53. The monoisotopic (exact) mass is 270 g/mol. The van der Waals surface area contributed by atoms with E-state index in [9.17, 15) is 8.42 Å². The zero-order valence-corrected chi connectivity index (χ0v) is 11.4. The standard InChI is InChI=1S/C11H18N4O2S/c1-10-3-4-11(12-9-10)13-18(16,17)15-7-5-14(2)6-8-15/h3-4,9H,5-8H2,1-2H3,(H,12,13). The first-order valence-corrected chi connectivity index (χ1v) is 7.30. The van der Waals surface area contributed by atoms with Gasteiger partial charge in [-0.25, -0.2) is 4.98 Å². The summed E-state index contributed by atoms with van der Waals surface area (Å²) in [6.07, 6.45) is 1.64. The molecule has 0 aliphatic carbocycles. The van der Waals surface area contributed by atoms with Crippen LogP contribution in [0.15, 0.2) is 18.3 Å². The first-order valence-electron chi connectivity index (χ1n) is 5.86. The number of hydrogen-bond donors (Lipinski definition) is 1. The predicted molar refractivity (Wildman–Crippen MR) is 70.6 cm³/mol. The van der Waals surface area contributed by atoms with Crippen LogP contribution in [-0.4, -0.2) is 55.8 Å². The first-order chi connectivity index (χ1) is 8.47. The Balaban J connectivity index is 2.05. The Hall–Kier alpha value is -1.18. The maximum absolute atomic E-state index is 12.1. The van der Waals surface area contributed by atoms with Crippen molar-refractivity contribution in [2.45, 2.75) is 6.92 Å². The van der Waals surface area contributed by atoms with Gasteiger partial charge in [0.2, 0.25) is 0 Å². The number of nitrogens with one attached hydrogen (secondary N) is 1. The topological polar surface area (TPSA) is 65.5 Å². The lowest BCUT2D eigenvalue weighted by Crippen LogP contribution is -2.48. The van der Waals surface area contributed by atoms with E-state index >= 15 is 0 Å². The number of rotatable bonds is 3. The lowest BCUT2D eigenvalue weighted by molar-refractivity contribution is 0.223. The zero-order valence-electron chi connectivity index (χ0n) is 10.6. The number of hydrogen-bond acceptors (Lipinski definition) is 4. The van der Waals surface area contributed by atoms with E-state index in [1.807, 2.05) is 20.0 Å². The molecule has 1 N–H and O–H groups in total. The SMILES string of the molecule is Cc1ccc(NS(=O)(=O)N2CCN(C)CC2)nc1. The van der Waals surface area contributed by atoms with Crippen molar-refractivity contribution in [2.75, 3.05) is 37.9 Å². The molecule has 2 rings (SSSR count). The molecule has 0 saturated carbocycles. The molecule has 1 fully saturated rings. The minimum Gasteiger partial charge on any atom is -0.304 e. The fourth-order valence-corrected chi connectivity index (χ4v) is 2.91. The Morgan fingerprint density at radius 3 is 2.44 bits per heavy atom. The van der Waals surface area contributed by atoms with E-state index in [0.717, 1.165) is 18.7 Å². The number of nitrogens with zero attached hydrogens (tertiary/aromatic N) is 3. The second-order valence-corrected chi connectivity index (χ2v) is 6.20. The van der Waals surface area contributed by atoms with Crippen LogP contribution in [0.1, 0.15) is 5.56 Å². The van der Waals surface area contributed by atoms with E-state index in [4.69, 9.17) is 0 Å². The lowest BCUT2D eigenvalue weighted by atomic mass is 10.3.